The van der Waals surface area contributed by atoms with Crippen molar-refractivity contribution >= 4 is 22.6 Å². The molecule has 172 valence electrons. The summed E-state index contributed by atoms with van der Waals surface area (Å²) in [5, 5.41) is 27.0. The molecule has 0 radical (unpaired) electrons. The molecule has 0 spiro atoms. The van der Waals surface area contributed by atoms with Crippen LogP contribution in [-0.4, -0.2) is 54.4 Å². The third-order valence-corrected chi connectivity index (χ3v) is 5.76. The van der Waals surface area contributed by atoms with Crippen molar-refractivity contribution in [3.05, 3.63) is 65.7 Å². The van der Waals surface area contributed by atoms with Gasteiger partial charge in [0.05, 0.1) is 13.2 Å². The number of hydrogen-bond donors (Lipinski definition) is 4. The van der Waals surface area contributed by atoms with Gasteiger partial charge in [-0.1, -0.05) is 12.1 Å². The van der Waals surface area contributed by atoms with E-state index in [2.05, 4.69) is 10.6 Å². The van der Waals surface area contributed by atoms with Crippen LogP contribution in [0.25, 0.3) is 10.8 Å². The van der Waals surface area contributed by atoms with Gasteiger partial charge < -0.3 is 30.3 Å². The van der Waals surface area contributed by atoms with Gasteiger partial charge in [-0.25, -0.2) is 4.79 Å². The number of ether oxygens (including phenoxy) is 2. The summed E-state index contributed by atoms with van der Waals surface area (Å²) in [7, 11) is 1.45. The molecule has 4 N–H and O–H groups in total. The first-order valence-corrected chi connectivity index (χ1v) is 10.8. The number of carbonyl (C=O) groups is 2. The van der Waals surface area contributed by atoms with Crippen LogP contribution in [-0.2, 0) is 4.74 Å². The third-order valence-electron chi connectivity index (χ3n) is 5.76. The molecule has 0 unspecified atom stereocenters. The molecule has 8 nitrogen and oxygen atoms in total. The molecule has 0 bridgehead atoms. The molecule has 0 saturated carbocycles. The van der Waals surface area contributed by atoms with E-state index in [0.717, 1.165) is 13.0 Å². The molecule has 0 aromatic heterocycles. The number of phenols is 2. The molecule has 1 heterocycles. The zero-order valence-electron chi connectivity index (χ0n) is 18.2. The van der Waals surface area contributed by atoms with Crippen molar-refractivity contribution in [1.29, 1.82) is 0 Å². The minimum absolute atomic E-state index is 0.0761. The van der Waals surface area contributed by atoms with Gasteiger partial charge in [0.2, 0.25) is 0 Å². The van der Waals surface area contributed by atoms with Crippen LogP contribution < -0.4 is 15.4 Å². The van der Waals surface area contributed by atoms with Crippen molar-refractivity contribution in [2.45, 2.75) is 25.0 Å². The second kappa shape index (κ2) is 9.79. The summed E-state index contributed by atoms with van der Waals surface area (Å²) in [4.78, 5) is 25.9. The quantitative estimate of drug-likeness (QED) is 0.442. The number of carbonyl (C=O) groups excluding carboxylic acids is 2. The van der Waals surface area contributed by atoms with Crippen LogP contribution in [0, 0.1) is 0 Å². The Kier molecular flexibility index (Phi) is 6.65. The Labute approximate surface area is 191 Å². The SMILES string of the molecule is COc1cc2c(O)cccc2cc1C(=O)O[C@@H]1CCCNC[C@H]1NC(=O)c1ccc(O)cc1. The molecule has 1 saturated heterocycles. The van der Waals surface area contributed by atoms with Crippen molar-refractivity contribution in [3.8, 4) is 17.2 Å². The van der Waals surface area contributed by atoms with Crippen LogP contribution in [0.2, 0.25) is 0 Å². The molecule has 1 amide bonds. The number of rotatable bonds is 5. The van der Waals surface area contributed by atoms with Crippen molar-refractivity contribution in [2.75, 3.05) is 20.2 Å². The van der Waals surface area contributed by atoms with Crippen LogP contribution in [0.1, 0.15) is 33.6 Å². The Morgan fingerprint density at radius 2 is 1.88 bits per heavy atom. The zero-order valence-corrected chi connectivity index (χ0v) is 18.2. The van der Waals surface area contributed by atoms with Gasteiger partial charge in [-0.15, -0.1) is 0 Å². The molecule has 2 atom stereocenters. The molecule has 3 aromatic carbocycles. The summed E-state index contributed by atoms with van der Waals surface area (Å²) >= 11 is 0. The molecule has 8 heteroatoms. The lowest BCUT2D eigenvalue weighted by Gasteiger charge is -2.26. The minimum Gasteiger partial charge on any atom is -0.508 e. The molecule has 4 rings (SSSR count). The molecule has 1 fully saturated rings. The standard InChI is InChI=1S/C25H26N2O6/c1-32-23-13-18-16(4-2-5-21(18)29)12-19(23)25(31)33-22-6-3-11-26-14-20(22)27-24(30)15-7-9-17(28)10-8-15/h2,4-5,7-10,12-13,20,22,26,28-29H,3,6,11,14H2,1H3,(H,27,30)/t20-,22-/m1/s1. The number of nitrogens with one attached hydrogen (secondary N) is 2. The number of phenolic OH excluding ortho intramolecular Hbond substituents is 2. The maximum Gasteiger partial charge on any atom is 0.342 e. The predicted octanol–water partition coefficient (Wildman–Crippen LogP) is 2.97. The normalized spacial score (nSPS) is 18.3. The second-order valence-corrected chi connectivity index (χ2v) is 7.97. The van der Waals surface area contributed by atoms with Crippen molar-refractivity contribution < 1.29 is 29.3 Å². The number of hydrogen-bond acceptors (Lipinski definition) is 7. The van der Waals surface area contributed by atoms with Crippen LogP contribution in [0.3, 0.4) is 0 Å². The molecule has 0 aliphatic carbocycles. The summed E-state index contributed by atoms with van der Waals surface area (Å²) in [6.45, 7) is 1.20. The van der Waals surface area contributed by atoms with E-state index in [0.29, 0.717) is 35.1 Å². The van der Waals surface area contributed by atoms with Crippen molar-refractivity contribution in [1.82, 2.24) is 10.6 Å². The number of methoxy groups -OCH3 is 1. The number of benzene rings is 3. The van der Waals surface area contributed by atoms with Crippen LogP contribution >= 0.6 is 0 Å². The summed E-state index contributed by atoms with van der Waals surface area (Å²) in [5.41, 5.74) is 0.648. The maximum absolute atomic E-state index is 13.1. The van der Waals surface area contributed by atoms with Crippen LogP contribution in [0.4, 0.5) is 0 Å². The lowest BCUT2D eigenvalue weighted by molar-refractivity contribution is 0.0189. The molecule has 1 aliphatic rings. The van der Waals surface area contributed by atoms with Gasteiger partial charge in [-0.2, -0.15) is 0 Å². The first-order valence-electron chi connectivity index (χ1n) is 10.8. The highest BCUT2D eigenvalue weighted by molar-refractivity contribution is 6.00. The zero-order chi connectivity index (χ0) is 23.4. The smallest absolute Gasteiger partial charge is 0.342 e. The Bertz CT molecular complexity index is 1160. The Balaban J connectivity index is 1.55. The number of esters is 1. The summed E-state index contributed by atoms with van der Waals surface area (Å²) < 4.78 is 11.3. The van der Waals surface area contributed by atoms with E-state index in [-0.39, 0.29) is 23.0 Å². The van der Waals surface area contributed by atoms with Gasteiger partial charge >= 0.3 is 5.97 Å². The number of fused-ring (bicyclic) bond motifs is 1. The van der Waals surface area contributed by atoms with Crippen molar-refractivity contribution in [3.63, 3.8) is 0 Å². The summed E-state index contributed by atoms with van der Waals surface area (Å²) in [6.07, 6.45) is 0.820. The molecule has 1 aliphatic heterocycles. The lowest BCUT2D eigenvalue weighted by atomic mass is 10.0. The average molecular weight is 450 g/mol. The fourth-order valence-corrected chi connectivity index (χ4v) is 3.99. The van der Waals surface area contributed by atoms with Gasteiger partial charge in [0, 0.05) is 17.5 Å². The summed E-state index contributed by atoms with van der Waals surface area (Å²) in [5.74, 6) is -0.411. The third kappa shape index (κ3) is 5.01. The van der Waals surface area contributed by atoms with E-state index >= 15 is 0 Å². The number of aromatic hydroxyl groups is 2. The van der Waals surface area contributed by atoms with Crippen LogP contribution in [0.5, 0.6) is 17.2 Å². The summed E-state index contributed by atoms with van der Waals surface area (Å²) in [6, 6.07) is 13.8. The monoisotopic (exact) mass is 450 g/mol. The Morgan fingerprint density at radius 1 is 1.09 bits per heavy atom. The van der Waals surface area contributed by atoms with Crippen molar-refractivity contribution in [2.24, 2.45) is 0 Å². The fourth-order valence-electron chi connectivity index (χ4n) is 3.99. The topological polar surface area (TPSA) is 117 Å². The molecule has 33 heavy (non-hydrogen) atoms. The lowest BCUT2D eigenvalue weighted by Crippen LogP contribution is -2.49. The number of amides is 1. The van der Waals surface area contributed by atoms with Gasteiger partial charge in [0.25, 0.3) is 5.91 Å². The Morgan fingerprint density at radius 3 is 2.64 bits per heavy atom. The first-order chi connectivity index (χ1) is 16.0. The molecular weight excluding hydrogens is 424 g/mol. The maximum atomic E-state index is 13.1. The van der Waals surface area contributed by atoms with Gasteiger partial charge in [0.15, 0.2) is 0 Å². The first kappa shape index (κ1) is 22.4. The van der Waals surface area contributed by atoms with E-state index in [1.165, 1.54) is 31.4 Å². The van der Waals surface area contributed by atoms with Gasteiger partial charge in [-0.3, -0.25) is 4.79 Å². The minimum atomic E-state index is -0.562. The fraction of sp³-hybridized carbons (Fsp3) is 0.280. The van der Waals surface area contributed by atoms with E-state index in [9.17, 15) is 19.8 Å². The highest BCUT2D eigenvalue weighted by Crippen LogP contribution is 2.32. The highest BCUT2D eigenvalue weighted by atomic mass is 16.5. The second-order valence-electron chi connectivity index (χ2n) is 7.97. The predicted molar refractivity (Wildman–Crippen MR) is 123 cm³/mol. The largest absolute Gasteiger partial charge is 0.508 e. The van der Waals surface area contributed by atoms with Gasteiger partial charge in [0.1, 0.15) is 28.9 Å². The van der Waals surface area contributed by atoms with E-state index in [1.54, 1.807) is 30.3 Å². The van der Waals surface area contributed by atoms with Gasteiger partial charge in [-0.05, 0) is 67.2 Å². The van der Waals surface area contributed by atoms with E-state index < -0.39 is 18.1 Å². The average Bonchev–Trinajstić information content (AvgIpc) is 3.03. The highest BCUT2D eigenvalue weighted by Gasteiger charge is 2.30. The van der Waals surface area contributed by atoms with E-state index in [4.69, 9.17) is 9.47 Å². The Hall–Kier alpha value is -3.78. The van der Waals surface area contributed by atoms with E-state index in [1.807, 2.05) is 0 Å². The van der Waals surface area contributed by atoms with Crippen LogP contribution in [0.15, 0.2) is 54.6 Å². The molecule has 3 aromatic rings. The molecular formula is C25H26N2O6.